The summed E-state index contributed by atoms with van der Waals surface area (Å²) in [5.74, 6) is 0. The lowest BCUT2D eigenvalue weighted by Crippen LogP contribution is -1.80. The predicted octanol–water partition coefficient (Wildman–Crippen LogP) is 6.03. The van der Waals surface area contributed by atoms with E-state index in [4.69, 9.17) is 11.6 Å². The topological polar surface area (TPSA) is 57.4 Å². The van der Waals surface area contributed by atoms with Gasteiger partial charge in [0, 0.05) is 40.5 Å². The minimum absolute atomic E-state index is 0.705. The van der Waals surface area contributed by atoms with Gasteiger partial charge in [-0.1, -0.05) is 11.6 Å². The average molecular weight is 475 g/mol. The van der Waals surface area contributed by atoms with Crippen LogP contribution in [0.2, 0.25) is 5.02 Å². The Kier molecular flexibility index (Phi) is 5.31. The normalized spacial score (nSPS) is 10.8. The van der Waals surface area contributed by atoms with Gasteiger partial charge in [0.2, 0.25) is 0 Å². The van der Waals surface area contributed by atoms with Gasteiger partial charge >= 0.3 is 0 Å². The van der Waals surface area contributed by atoms with E-state index >= 15 is 0 Å². The molecule has 0 unspecified atom stereocenters. The SMILES string of the molecule is CSc1c(Br)cnc2[nH]ccc12.Clc1c(Br)cnc2[nH]ccc12. The highest BCUT2D eigenvalue weighted by Gasteiger charge is 2.05. The Hall–Kier alpha value is -1.02. The zero-order chi connectivity index (χ0) is 16.4. The minimum atomic E-state index is 0.705. The number of aromatic nitrogens is 4. The van der Waals surface area contributed by atoms with Gasteiger partial charge < -0.3 is 9.97 Å². The first kappa shape index (κ1) is 16.8. The van der Waals surface area contributed by atoms with Crippen LogP contribution in [-0.4, -0.2) is 26.2 Å². The van der Waals surface area contributed by atoms with E-state index in [2.05, 4.69) is 58.1 Å². The molecule has 0 fully saturated rings. The number of fused-ring (bicyclic) bond motifs is 2. The number of H-pyrrole nitrogens is 2. The summed E-state index contributed by atoms with van der Waals surface area (Å²) in [5, 5.41) is 2.83. The Bertz CT molecular complexity index is 967. The van der Waals surface area contributed by atoms with Crippen molar-refractivity contribution in [3.05, 3.63) is 50.9 Å². The van der Waals surface area contributed by atoms with Crippen molar-refractivity contribution < 1.29 is 0 Å². The van der Waals surface area contributed by atoms with Gasteiger partial charge in [-0.3, -0.25) is 0 Å². The minimum Gasteiger partial charge on any atom is -0.346 e. The van der Waals surface area contributed by atoms with E-state index in [1.54, 1.807) is 18.0 Å². The Morgan fingerprint density at radius 3 is 2.17 bits per heavy atom. The lowest BCUT2D eigenvalue weighted by molar-refractivity contribution is 1.28. The molecule has 4 heterocycles. The van der Waals surface area contributed by atoms with Gasteiger partial charge in [-0.05, 0) is 50.2 Å². The van der Waals surface area contributed by atoms with Crippen molar-refractivity contribution in [3.63, 3.8) is 0 Å². The summed E-state index contributed by atoms with van der Waals surface area (Å²) in [6.45, 7) is 0. The summed E-state index contributed by atoms with van der Waals surface area (Å²) in [7, 11) is 0. The number of halogens is 3. The molecule has 0 spiro atoms. The molecule has 0 amide bonds. The first-order chi connectivity index (χ1) is 11.1. The zero-order valence-corrected chi connectivity index (χ0v) is 16.6. The van der Waals surface area contributed by atoms with Crippen LogP contribution < -0.4 is 0 Å². The summed E-state index contributed by atoms with van der Waals surface area (Å²) in [4.78, 5) is 15.6. The maximum atomic E-state index is 5.96. The number of aromatic amines is 2. The molecule has 0 atom stereocenters. The molecular weight excluding hydrogens is 464 g/mol. The van der Waals surface area contributed by atoms with Crippen LogP contribution in [0.5, 0.6) is 0 Å². The standard InChI is InChI=1S/C8H7BrN2S.C7H4BrClN2/c1-12-7-5-2-3-10-8(5)11-4-6(7)9;8-5-3-11-7-4(6(5)9)1-2-10-7/h2-4H,1H3,(H,10,11);1-3H,(H,10,11). The van der Waals surface area contributed by atoms with Crippen LogP contribution in [0.4, 0.5) is 0 Å². The molecule has 118 valence electrons. The molecule has 23 heavy (non-hydrogen) atoms. The van der Waals surface area contributed by atoms with Crippen molar-refractivity contribution in [2.75, 3.05) is 6.26 Å². The molecule has 4 nitrogen and oxygen atoms in total. The lowest BCUT2D eigenvalue weighted by atomic mass is 10.3. The molecular formula is C15H11Br2ClN4S. The second-order valence-corrected chi connectivity index (χ2v) is 7.44. The van der Waals surface area contributed by atoms with E-state index in [1.165, 1.54) is 10.3 Å². The fraction of sp³-hybridized carbons (Fsp3) is 0.0667. The summed E-state index contributed by atoms with van der Waals surface area (Å²) >= 11 is 14.4. The number of hydrogen-bond donors (Lipinski definition) is 2. The Morgan fingerprint density at radius 2 is 1.52 bits per heavy atom. The number of pyridine rings is 2. The highest BCUT2D eigenvalue weighted by Crippen LogP contribution is 2.31. The molecule has 8 heteroatoms. The van der Waals surface area contributed by atoms with Crippen LogP contribution in [0.15, 0.2) is 50.8 Å². The van der Waals surface area contributed by atoms with Crippen molar-refractivity contribution in [2.45, 2.75) is 4.90 Å². The predicted molar refractivity (Wildman–Crippen MR) is 104 cm³/mol. The van der Waals surface area contributed by atoms with Crippen molar-refractivity contribution >= 4 is 77.3 Å². The van der Waals surface area contributed by atoms with Crippen LogP contribution in [0.1, 0.15) is 0 Å². The summed E-state index contributed by atoms with van der Waals surface area (Å²) in [6, 6.07) is 3.94. The van der Waals surface area contributed by atoms with Gasteiger partial charge in [-0.15, -0.1) is 11.8 Å². The average Bonchev–Trinajstić information content (AvgIpc) is 3.20. The Morgan fingerprint density at radius 1 is 0.957 bits per heavy atom. The highest BCUT2D eigenvalue weighted by atomic mass is 79.9. The van der Waals surface area contributed by atoms with Crippen molar-refractivity contribution in [1.82, 2.24) is 19.9 Å². The number of nitrogens with zero attached hydrogens (tertiary/aromatic N) is 2. The van der Waals surface area contributed by atoms with Crippen LogP contribution in [0.3, 0.4) is 0 Å². The Balaban J connectivity index is 0.000000136. The maximum Gasteiger partial charge on any atom is 0.138 e. The molecule has 0 bridgehead atoms. The first-order valence-electron chi connectivity index (χ1n) is 6.54. The molecule has 0 saturated carbocycles. The van der Waals surface area contributed by atoms with E-state index in [9.17, 15) is 0 Å². The van der Waals surface area contributed by atoms with Gasteiger partial charge in [0.15, 0.2) is 0 Å². The van der Waals surface area contributed by atoms with Crippen molar-refractivity contribution in [3.8, 4) is 0 Å². The largest absolute Gasteiger partial charge is 0.346 e. The number of nitrogens with one attached hydrogen (secondary N) is 2. The quantitative estimate of drug-likeness (QED) is 0.331. The third-order valence-corrected chi connectivity index (χ3v) is 6.12. The molecule has 0 aliphatic carbocycles. The third-order valence-electron chi connectivity index (χ3n) is 3.18. The van der Waals surface area contributed by atoms with Crippen molar-refractivity contribution in [1.29, 1.82) is 0 Å². The summed E-state index contributed by atoms with van der Waals surface area (Å²) in [6.07, 6.45) is 9.29. The third kappa shape index (κ3) is 3.42. The molecule has 2 N–H and O–H groups in total. The number of hydrogen-bond acceptors (Lipinski definition) is 3. The van der Waals surface area contributed by atoms with Crippen molar-refractivity contribution in [2.24, 2.45) is 0 Å². The molecule has 0 aliphatic rings. The molecule has 4 aromatic rings. The van der Waals surface area contributed by atoms with E-state index in [0.29, 0.717) is 5.02 Å². The van der Waals surface area contributed by atoms with Gasteiger partial charge in [0.05, 0.1) is 14.0 Å². The molecule has 0 saturated heterocycles. The van der Waals surface area contributed by atoms with E-state index < -0.39 is 0 Å². The fourth-order valence-corrected chi connectivity index (χ4v) is 4.07. The summed E-state index contributed by atoms with van der Waals surface area (Å²) in [5.41, 5.74) is 1.76. The van der Waals surface area contributed by atoms with Gasteiger partial charge in [-0.2, -0.15) is 0 Å². The molecule has 0 radical (unpaired) electrons. The summed E-state index contributed by atoms with van der Waals surface area (Å²) < 4.78 is 1.88. The Labute approximate surface area is 158 Å². The maximum absolute atomic E-state index is 5.96. The van der Waals surface area contributed by atoms with Gasteiger partial charge in [0.25, 0.3) is 0 Å². The first-order valence-corrected chi connectivity index (χ1v) is 9.73. The van der Waals surface area contributed by atoms with Gasteiger partial charge in [-0.25, -0.2) is 9.97 Å². The van der Waals surface area contributed by atoms with E-state index in [-0.39, 0.29) is 0 Å². The molecule has 4 aromatic heterocycles. The van der Waals surface area contributed by atoms with E-state index in [0.717, 1.165) is 25.6 Å². The monoisotopic (exact) mass is 472 g/mol. The van der Waals surface area contributed by atoms with Gasteiger partial charge in [0.1, 0.15) is 11.3 Å². The smallest absolute Gasteiger partial charge is 0.138 e. The number of rotatable bonds is 1. The van der Waals surface area contributed by atoms with Crippen LogP contribution in [0, 0.1) is 0 Å². The molecule has 0 aliphatic heterocycles. The van der Waals surface area contributed by atoms with E-state index in [1.807, 2.05) is 30.7 Å². The van der Waals surface area contributed by atoms with Crippen LogP contribution >= 0.6 is 55.2 Å². The fourth-order valence-electron chi connectivity index (χ4n) is 2.12. The second-order valence-electron chi connectivity index (χ2n) is 4.54. The highest BCUT2D eigenvalue weighted by molar-refractivity contribution is 9.10. The lowest BCUT2D eigenvalue weighted by Gasteiger charge is -2.00. The zero-order valence-electron chi connectivity index (χ0n) is 11.9. The molecule has 4 rings (SSSR count). The number of thioether (sulfide) groups is 1. The molecule has 0 aromatic carbocycles. The van der Waals surface area contributed by atoms with Crippen LogP contribution in [0.25, 0.3) is 22.1 Å². The van der Waals surface area contributed by atoms with Crippen LogP contribution in [-0.2, 0) is 0 Å². The second kappa shape index (κ2) is 7.25.